The van der Waals surface area contributed by atoms with Crippen molar-refractivity contribution in [3.63, 3.8) is 0 Å². The highest BCUT2D eigenvalue weighted by atomic mass is 16.5. The van der Waals surface area contributed by atoms with Crippen molar-refractivity contribution in [1.29, 1.82) is 0 Å². The number of nitrogens with one attached hydrogen (secondary N) is 1. The molecule has 0 unspecified atom stereocenters. The summed E-state index contributed by atoms with van der Waals surface area (Å²) in [7, 11) is 1.66. The Kier molecular flexibility index (Phi) is 4.81. The molecular weight excluding hydrogens is 344 g/mol. The zero-order chi connectivity index (χ0) is 18.8. The summed E-state index contributed by atoms with van der Waals surface area (Å²) < 4.78 is 7.24. The van der Waals surface area contributed by atoms with Gasteiger partial charge in [0.1, 0.15) is 11.3 Å². The molecule has 2 aromatic heterocycles. The van der Waals surface area contributed by atoms with Crippen molar-refractivity contribution in [3.8, 4) is 5.75 Å². The number of aromatic nitrogens is 4. The molecule has 142 valence electrons. The molecule has 0 radical (unpaired) electrons. The second-order valence-electron chi connectivity index (χ2n) is 6.93. The lowest BCUT2D eigenvalue weighted by atomic mass is 10.1. The standard InChI is InChI=1S/C19H24N6O2/c1-27-16-8-3-2-5-12(16)9-25-10-15-17(24-25)18(23-19(20)22-15)21-14-7-4-6-13(14)11-26/h2-3,5,8,10,13-14,26H,4,6-7,9,11H2,1H3,(H3,20,21,22,23)/t13-,14-/m1/s1. The summed E-state index contributed by atoms with van der Waals surface area (Å²) in [6.45, 7) is 0.728. The zero-order valence-corrected chi connectivity index (χ0v) is 15.3. The van der Waals surface area contributed by atoms with Gasteiger partial charge in [0, 0.05) is 24.1 Å². The van der Waals surface area contributed by atoms with Crippen LogP contribution >= 0.6 is 0 Å². The largest absolute Gasteiger partial charge is 0.496 e. The number of ether oxygens (including phenoxy) is 1. The number of rotatable bonds is 6. The molecule has 2 atom stereocenters. The fourth-order valence-electron chi connectivity index (χ4n) is 3.79. The first-order chi connectivity index (χ1) is 13.2. The molecule has 1 saturated carbocycles. The maximum absolute atomic E-state index is 9.57. The van der Waals surface area contributed by atoms with E-state index in [2.05, 4.69) is 20.4 Å². The van der Waals surface area contributed by atoms with E-state index in [0.29, 0.717) is 23.4 Å². The lowest BCUT2D eigenvalue weighted by Crippen LogP contribution is -2.27. The predicted molar refractivity (Wildman–Crippen MR) is 104 cm³/mol. The number of nitrogens with two attached hydrogens (primary N) is 1. The van der Waals surface area contributed by atoms with Crippen molar-refractivity contribution < 1.29 is 9.84 Å². The Hall–Kier alpha value is -2.87. The van der Waals surface area contributed by atoms with Crippen LogP contribution in [0.15, 0.2) is 30.5 Å². The Morgan fingerprint density at radius 3 is 2.96 bits per heavy atom. The molecule has 1 aliphatic carbocycles. The monoisotopic (exact) mass is 368 g/mol. The first kappa shape index (κ1) is 17.5. The SMILES string of the molecule is COc1ccccc1Cn1cc2nc(N)nc(N[C@@H]3CCC[C@@H]3CO)c2n1. The minimum Gasteiger partial charge on any atom is -0.496 e. The molecule has 0 amide bonds. The molecule has 8 heteroatoms. The maximum Gasteiger partial charge on any atom is 0.222 e. The van der Waals surface area contributed by atoms with Crippen LogP contribution in [0.3, 0.4) is 0 Å². The minimum absolute atomic E-state index is 0.170. The summed E-state index contributed by atoms with van der Waals surface area (Å²) in [4.78, 5) is 8.68. The van der Waals surface area contributed by atoms with Gasteiger partial charge >= 0.3 is 0 Å². The van der Waals surface area contributed by atoms with Gasteiger partial charge in [-0.2, -0.15) is 10.1 Å². The van der Waals surface area contributed by atoms with Crippen LogP contribution in [-0.4, -0.2) is 44.6 Å². The Balaban J connectivity index is 1.65. The highest BCUT2D eigenvalue weighted by Gasteiger charge is 2.27. The van der Waals surface area contributed by atoms with E-state index < -0.39 is 0 Å². The van der Waals surface area contributed by atoms with Gasteiger partial charge in [-0.1, -0.05) is 24.6 Å². The van der Waals surface area contributed by atoms with Gasteiger partial charge in [0.15, 0.2) is 11.3 Å². The number of benzene rings is 1. The van der Waals surface area contributed by atoms with Gasteiger partial charge in [-0.3, -0.25) is 4.68 Å². The number of nitrogen functional groups attached to an aromatic ring is 1. The van der Waals surface area contributed by atoms with Crippen LogP contribution in [-0.2, 0) is 6.54 Å². The Bertz CT molecular complexity index is 941. The van der Waals surface area contributed by atoms with E-state index in [1.165, 1.54) is 0 Å². The number of hydrogen-bond acceptors (Lipinski definition) is 7. The van der Waals surface area contributed by atoms with Gasteiger partial charge in [0.25, 0.3) is 0 Å². The number of para-hydroxylation sites is 1. The van der Waals surface area contributed by atoms with Gasteiger partial charge in [-0.25, -0.2) is 4.98 Å². The van der Waals surface area contributed by atoms with Crippen LogP contribution in [0.1, 0.15) is 24.8 Å². The van der Waals surface area contributed by atoms with Crippen molar-refractivity contribution in [2.75, 3.05) is 24.8 Å². The maximum atomic E-state index is 9.57. The fraction of sp³-hybridized carbons (Fsp3) is 0.421. The Labute approximate surface area is 157 Å². The number of hydrogen-bond donors (Lipinski definition) is 3. The van der Waals surface area contributed by atoms with Crippen LogP contribution in [0.5, 0.6) is 5.75 Å². The molecule has 8 nitrogen and oxygen atoms in total. The van der Waals surface area contributed by atoms with E-state index in [4.69, 9.17) is 10.5 Å². The molecule has 0 saturated heterocycles. The van der Waals surface area contributed by atoms with Gasteiger partial charge in [0.2, 0.25) is 5.95 Å². The van der Waals surface area contributed by atoms with E-state index >= 15 is 0 Å². The van der Waals surface area contributed by atoms with E-state index in [9.17, 15) is 5.11 Å². The Morgan fingerprint density at radius 2 is 2.15 bits per heavy atom. The Morgan fingerprint density at radius 1 is 1.30 bits per heavy atom. The van der Waals surface area contributed by atoms with Crippen LogP contribution in [0.4, 0.5) is 11.8 Å². The van der Waals surface area contributed by atoms with Crippen molar-refractivity contribution >= 4 is 22.8 Å². The number of fused-ring (bicyclic) bond motifs is 1. The van der Waals surface area contributed by atoms with E-state index in [1.54, 1.807) is 7.11 Å². The average Bonchev–Trinajstić information content (AvgIpc) is 3.28. The first-order valence-corrected chi connectivity index (χ1v) is 9.18. The van der Waals surface area contributed by atoms with Crippen molar-refractivity contribution in [2.24, 2.45) is 5.92 Å². The third kappa shape index (κ3) is 3.52. The highest BCUT2D eigenvalue weighted by Crippen LogP contribution is 2.30. The van der Waals surface area contributed by atoms with E-state index in [-0.39, 0.29) is 24.5 Å². The summed E-state index contributed by atoms with van der Waals surface area (Å²) in [5, 5.41) is 17.7. The average molecular weight is 368 g/mol. The molecule has 0 bridgehead atoms. The summed E-state index contributed by atoms with van der Waals surface area (Å²) in [5.74, 6) is 1.88. The predicted octanol–water partition coefficient (Wildman–Crippen LogP) is 2.04. The third-order valence-corrected chi connectivity index (χ3v) is 5.17. The molecule has 27 heavy (non-hydrogen) atoms. The van der Waals surface area contributed by atoms with Crippen LogP contribution in [0.25, 0.3) is 11.0 Å². The van der Waals surface area contributed by atoms with Gasteiger partial charge in [-0.15, -0.1) is 0 Å². The third-order valence-electron chi connectivity index (χ3n) is 5.17. The second-order valence-corrected chi connectivity index (χ2v) is 6.93. The molecule has 0 aliphatic heterocycles. The molecule has 1 fully saturated rings. The summed E-state index contributed by atoms with van der Waals surface area (Å²) in [6.07, 6.45) is 4.97. The lowest BCUT2D eigenvalue weighted by Gasteiger charge is -2.19. The van der Waals surface area contributed by atoms with E-state index in [0.717, 1.165) is 30.6 Å². The molecule has 1 aromatic carbocycles. The summed E-state index contributed by atoms with van der Waals surface area (Å²) in [6, 6.07) is 8.02. The zero-order valence-electron chi connectivity index (χ0n) is 15.3. The van der Waals surface area contributed by atoms with Gasteiger partial charge in [0.05, 0.1) is 19.9 Å². The number of methoxy groups -OCH3 is 1. The van der Waals surface area contributed by atoms with Crippen molar-refractivity contribution in [3.05, 3.63) is 36.0 Å². The molecule has 1 aliphatic rings. The van der Waals surface area contributed by atoms with Crippen LogP contribution < -0.4 is 15.8 Å². The van der Waals surface area contributed by atoms with Gasteiger partial charge in [-0.05, 0) is 18.9 Å². The second kappa shape index (κ2) is 7.40. The first-order valence-electron chi connectivity index (χ1n) is 9.18. The molecule has 4 rings (SSSR count). The van der Waals surface area contributed by atoms with Crippen molar-refractivity contribution in [2.45, 2.75) is 31.8 Å². The topological polar surface area (TPSA) is 111 Å². The number of aliphatic hydroxyl groups is 1. The smallest absolute Gasteiger partial charge is 0.222 e. The van der Waals surface area contributed by atoms with Crippen LogP contribution in [0, 0.1) is 5.92 Å². The molecule has 0 spiro atoms. The van der Waals surface area contributed by atoms with Crippen molar-refractivity contribution in [1.82, 2.24) is 19.7 Å². The highest BCUT2D eigenvalue weighted by molar-refractivity contribution is 5.86. The molecule has 3 aromatic rings. The summed E-state index contributed by atoms with van der Waals surface area (Å²) >= 11 is 0. The minimum atomic E-state index is 0.170. The number of anilines is 2. The molecule has 2 heterocycles. The van der Waals surface area contributed by atoms with E-state index in [1.807, 2.05) is 35.1 Å². The van der Waals surface area contributed by atoms with Crippen LogP contribution in [0.2, 0.25) is 0 Å². The number of aliphatic hydroxyl groups excluding tert-OH is 1. The molecule has 4 N–H and O–H groups in total. The fourth-order valence-corrected chi connectivity index (χ4v) is 3.79. The number of nitrogens with zero attached hydrogens (tertiary/aromatic N) is 4. The van der Waals surface area contributed by atoms with Gasteiger partial charge < -0.3 is 20.9 Å². The quantitative estimate of drug-likeness (QED) is 0.610. The lowest BCUT2D eigenvalue weighted by molar-refractivity contribution is 0.222. The normalized spacial score (nSPS) is 19.5. The summed E-state index contributed by atoms with van der Waals surface area (Å²) in [5.41, 5.74) is 8.31. The molecular formula is C19H24N6O2.